The van der Waals surface area contributed by atoms with Crippen LogP contribution in [0, 0.1) is 11.8 Å². The fourth-order valence-corrected chi connectivity index (χ4v) is 2.77. The zero-order valence-corrected chi connectivity index (χ0v) is 10.8. The normalized spacial score (nSPS) is 31.8. The third-order valence-electron chi connectivity index (χ3n) is 4.32. The van der Waals surface area contributed by atoms with E-state index in [1.165, 1.54) is 0 Å². The first-order chi connectivity index (χ1) is 8.74. The highest BCUT2D eigenvalue weighted by molar-refractivity contribution is 5.82. The monoisotopic (exact) mass is 250 g/mol. The van der Waals surface area contributed by atoms with Gasteiger partial charge in [-0.25, -0.2) is 0 Å². The SMILES string of the molecule is O=C(N[C@H]1CCCC[C@@H]1NC(=O)C1CC1)C1CC1. The highest BCUT2D eigenvalue weighted by Crippen LogP contribution is 2.31. The molecule has 2 amide bonds. The lowest BCUT2D eigenvalue weighted by atomic mass is 9.90. The van der Waals surface area contributed by atoms with E-state index in [9.17, 15) is 9.59 Å². The van der Waals surface area contributed by atoms with E-state index in [1.54, 1.807) is 0 Å². The van der Waals surface area contributed by atoms with Gasteiger partial charge in [0.05, 0.1) is 0 Å². The van der Waals surface area contributed by atoms with Crippen LogP contribution < -0.4 is 10.6 Å². The molecule has 3 saturated carbocycles. The molecule has 0 aromatic carbocycles. The van der Waals surface area contributed by atoms with Crippen molar-refractivity contribution in [3.63, 3.8) is 0 Å². The average molecular weight is 250 g/mol. The van der Waals surface area contributed by atoms with Gasteiger partial charge in [-0.1, -0.05) is 12.8 Å². The summed E-state index contributed by atoms with van der Waals surface area (Å²) in [6.45, 7) is 0. The highest BCUT2D eigenvalue weighted by Gasteiger charge is 2.36. The topological polar surface area (TPSA) is 58.2 Å². The number of amides is 2. The van der Waals surface area contributed by atoms with E-state index in [0.717, 1.165) is 51.4 Å². The minimum atomic E-state index is 0.162. The molecule has 18 heavy (non-hydrogen) atoms. The van der Waals surface area contributed by atoms with Crippen molar-refractivity contribution in [2.45, 2.75) is 63.5 Å². The Morgan fingerprint density at radius 3 is 1.39 bits per heavy atom. The predicted octanol–water partition coefficient (Wildman–Crippen LogP) is 1.35. The predicted molar refractivity (Wildman–Crippen MR) is 67.8 cm³/mol. The molecule has 3 fully saturated rings. The van der Waals surface area contributed by atoms with Gasteiger partial charge in [0.15, 0.2) is 0 Å². The fraction of sp³-hybridized carbons (Fsp3) is 0.857. The lowest BCUT2D eigenvalue weighted by Crippen LogP contribution is -2.53. The van der Waals surface area contributed by atoms with Crippen molar-refractivity contribution in [3.8, 4) is 0 Å². The summed E-state index contributed by atoms with van der Waals surface area (Å²) < 4.78 is 0. The summed E-state index contributed by atoms with van der Waals surface area (Å²) in [7, 11) is 0. The molecule has 3 aliphatic carbocycles. The van der Waals surface area contributed by atoms with E-state index in [1.807, 2.05) is 0 Å². The highest BCUT2D eigenvalue weighted by atomic mass is 16.2. The Labute approximate surface area is 108 Å². The summed E-state index contributed by atoms with van der Waals surface area (Å²) in [5.74, 6) is 0.915. The van der Waals surface area contributed by atoms with E-state index in [2.05, 4.69) is 10.6 Å². The Bertz CT molecular complexity index is 314. The van der Waals surface area contributed by atoms with Crippen LogP contribution >= 0.6 is 0 Å². The first-order valence-electron chi connectivity index (χ1n) is 7.35. The van der Waals surface area contributed by atoms with Crippen LogP contribution in [0.4, 0.5) is 0 Å². The Kier molecular flexibility index (Phi) is 3.27. The Hall–Kier alpha value is -1.06. The summed E-state index contributed by atoms with van der Waals surface area (Å²) >= 11 is 0. The summed E-state index contributed by atoms with van der Waals surface area (Å²) in [5.41, 5.74) is 0. The van der Waals surface area contributed by atoms with Crippen molar-refractivity contribution in [1.82, 2.24) is 10.6 Å². The molecule has 0 aromatic rings. The maximum Gasteiger partial charge on any atom is 0.223 e. The molecule has 0 unspecified atom stereocenters. The van der Waals surface area contributed by atoms with Crippen LogP contribution in [-0.2, 0) is 9.59 Å². The Morgan fingerprint density at radius 1 is 0.667 bits per heavy atom. The van der Waals surface area contributed by atoms with Crippen molar-refractivity contribution >= 4 is 11.8 Å². The molecule has 0 aliphatic heterocycles. The molecule has 2 atom stereocenters. The van der Waals surface area contributed by atoms with Crippen LogP contribution in [0.25, 0.3) is 0 Å². The summed E-state index contributed by atoms with van der Waals surface area (Å²) in [6, 6.07) is 0.323. The molecule has 0 heterocycles. The molecule has 4 heteroatoms. The minimum Gasteiger partial charge on any atom is -0.351 e. The number of hydrogen-bond donors (Lipinski definition) is 2. The first kappa shape index (κ1) is 12.0. The van der Waals surface area contributed by atoms with E-state index in [0.29, 0.717) is 0 Å². The maximum absolute atomic E-state index is 11.8. The van der Waals surface area contributed by atoms with Crippen LogP contribution in [0.1, 0.15) is 51.4 Å². The summed E-state index contributed by atoms with van der Waals surface area (Å²) in [6.07, 6.45) is 8.49. The molecule has 0 radical (unpaired) electrons. The van der Waals surface area contributed by atoms with Gasteiger partial charge in [-0.15, -0.1) is 0 Å². The van der Waals surface area contributed by atoms with E-state index in [-0.39, 0.29) is 35.7 Å². The molecule has 2 N–H and O–H groups in total. The zero-order valence-electron chi connectivity index (χ0n) is 10.8. The van der Waals surface area contributed by atoms with Gasteiger partial charge in [0.2, 0.25) is 11.8 Å². The van der Waals surface area contributed by atoms with Crippen molar-refractivity contribution in [3.05, 3.63) is 0 Å². The number of hydrogen-bond acceptors (Lipinski definition) is 2. The number of carbonyl (C=O) groups excluding carboxylic acids is 2. The van der Waals surface area contributed by atoms with Crippen molar-refractivity contribution in [2.75, 3.05) is 0 Å². The second kappa shape index (κ2) is 4.90. The lowest BCUT2D eigenvalue weighted by molar-refractivity contribution is -0.126. The summed E-state index contributed by atoms with van der Waals surface area (Å²) in [5, 5.41) is 6.28. The number of nitrogens with one attached hydrogen (secondary N) is 2. The second-order valence-corrected chi connectivity index (χ2v) is 6.06. The molecule has 3 rings (SSSR count). The van der Waals surface area contributed by atoms with Gasteiger partial charge in [-0.3, -0.25) is 9.59 Å². The molecule has 0 bridgehead atoms. The van der Waals surface area contributed by atoms with Gasteiger partial charge in [-0.05, 0) is 38.5 Å². The third-order valence-corrected chi connectivity index (χ3v) is 4.32. The second-order valence-electron chi connectivity index (χ2n) is 6.06. The first-order valence-corrected chi connectivity index (χ1v) is 7.35. The molecule has 0 aromatic heterocycles. The van der Waals surface area contributed by atoms with Gasteiger partial charge in [0.1, 0.15) is 0 Å². The summed E-state index contributed by atoms with van der Waals surface area (Å²) in [4.78, 5) is 23.7. The van der Waals surface area contributed by atoms with Crippen LogP contribution in [0.3, 0.4) is 0 Å². The number of rotatable bonds is 4. The molecular formula is C14H22N2O2. The van der Waals surface area contributed by atoms with Gasteiger partial charge < -0.3 is 10.6 Å². The quantitative estimate of drug-likeness (QED) is 0.791. The lowest BCUT2D eigenvalue weighted by Gasteiger charge is -2.33. The van der Waals surface area contributed by atoms with Crippen molar-refractivity contribution in [2.24, 2.45) is 11.8 Å². The average Bonchev–Trinajstić information content (AvgIpc) is 3.22. The maximum atomic E-state index is 11.8. The molecular weight excluding hydrogens is 228 g/mol. The Balaban J connectivity index is 1.54. The Morgan fingerprint density at radius 2 is 1.06 bits per heavy atom. The third kappa shape index (κ3) is 2.85. The molecule has 0 spiro atoms. The van der Waals surface area contributed by atoms with Crippen LogP contribution in [0.5, 0.6) is 0 Å². The van der Waals surface area contributed by atoms with Gasteiger partial charge >= 0.3 is 0 Å². The van der Waals surface area contributed by atoms with Crippen LogP contribution in [0.2, 0.25) is 0 Å². The molecule has 4 nitrogen and oxygen atoms in total. The molecule has 100 valence electrons. The van der Waals surface area contributed by atoms with Gasteiger partial charge in [0.25, 0.3) is 0 Å². The minimum absolute atomic E-state index is 0.162. The largest absolute Gasteiger partial charge is 0.351 e. The van der Waals surface area contributed by atoms with E-state index in [4.69, 9.17) is 0 Å². The molecule has 0 saturated heterocycles. The molecule has 3 aliphatic rings. The van der Waals surface area contributed by atoms with Crippen LogP contribution in [0.15, 0.2) is 0 Å². The zero-order chi connectivity index (χ0) is 12.5. The smallest absolute Gasteiger partial charge is 0.223 e. The van der Waals surface area contributed by atoms with Crippen molar-refractivity contribution in [1.29, 1.82) is 0 Å². The van der Waals surface area contributed by atoms with Gasteiger partial charge in [0, 0.05) is 23.9 Å². The standard InChI is InChI=1S/C14H22N2O2/c17-13(9-5-6-9)15-11-3-1-2-4-12(11)16-14(18)10-7-8-10/h9-12H,1-8H2,(H,15,17)(H,16,18)/t11-,12-/m0/s1. The van der Waals surface area contributed by atoms with E-state index >= 15 is 0 Å². The van der Waals surface area contributed by atoms with Crippen LogP contribution in [-0.4, -0.2) is 23.9 Å². The van der Waals surface area contributed by atoms with E-state index < -0.39 is 0 Å². The number of carbonyl (C=O) groups is 2. The van der Waals surface area contributed by atoms with Crippen molar-refractivity contribution < 1.29 is 9.59 Å². The van der Waals surface area contributed by atoms with Gasteiger partial charge in [-0.2, -0.15) is 0 Å². The fourth-order valence-electron chi connectivity index (χ4n) is 2.77.